The highest BCUT2D eigenvalue weighted by atomic mass is 32.1. The van der Waals surface area contributed by atoms with Crippen molar-refractivity contribution in [2.45, 2.75) is 51.5 Å². The van der Waals surface area contributed by atoms with E-state index in [1.807, 2.05) is 53.4 Å². The van der Waals surface area contributed by atoms with Crippen LogP contribution < -0.4 is 10.2 Å². The van der Waals surface area contributed by atoms with Crippen LogP contribution in [0.25, 0.3) is 5.69 Å². The Kier molecular flexibility index (Phi) is 5.43. The molecular formula is C21H24N4O2S. The van der Waals surface area contributed by atoms with Gasteiger partial charge in [-0.05, 0) is 31.9 Å². The summed E-state index contributed by atoms with van der Waals surface area (Å²) in [6.07, 6.45) is 5.02. The van der Waals surface area contributed by atoms with Gasteiger partial charge >= 0.3 is 4.87 Å². The van der Waals surface area contributed by atoms with E-state index in [0.29, 0.717) is 18.3 Å². The van der Waals surface area contributed by atoms with E-state index >= 15 is 0 Å². The molecule has 2 aromatic heterocycles. The van der Waals surface area contributed by atoms with E-state index < -0.39 is 0 Å². The highest BCUT2D eigenvalue weighted by molar-refractivity contribution is 7.07. The van der Waals surface area contributed by atoms with Gasteiger partial charge in [0.1, 0.15) is 5.82 Å². The van der Waals surface area contributed by atoms with Crippen LogP contribution >= 0.6 is 11.3 Å². The van der Waals surface area contributed by atoms with Gasteiger partial charge in [-0.2, -0.15) is 5.10 Å². The first kappa shape index (κ1) is 18.7. The number of rotatable bonds is 6. The molecule has 3 aromatic rings. The topological polar surface area (TPSA) is 68.9 Å². The summed E-state index contributed by atoms with van der Waals surface area (Å²) in [7, 11) is 0. The van der Waals surface area contributed by atoms with Gasteiger partial charge in [0.25, 0.3) is 0 Å². The molecule has 4 rings (SSSR count). The maximum atomic E-state index is 12.6. The van der Waals surface area contributed by atoms with Crippen LogP contribution in [0, 0.1) is 6.92 Å². The van der Waals surface area contributed by atoms with Crippen LogP contribution in [0.4, 0.5) is 5.82 Å². The van der Waals surface area contributed by atoms with Crippen LogP contribution in [0.5, 0.6) is 0 Å². The number of aromatic nitrogens is 3. The summed E-state index contributed by atoms with van der Waals surface area (Å²) in [5, 5.41) is 9.62. The number of aryl methyl sites for hydroxylation is 1. The number of amides is 1. The molecule has 0 aliphatic heterocycles. The average Bonchev–Trinajstić information content (AvgIpc) is 3.42. The molecule has 1 fully saturated rings. The number of thiazole rings is 1. The summed E-state index contributed by atoms with van der Waals surface area (Å²) in [5.74, 6) is 1.03. The summed E-state index contributed by atoms with van der Waals surface area (Å²) in [4.78, 5) is 24.4. The quantitative estimate of drug-likeness (QED) is 0.682. The van der Waals surface area contributed by atoms with Crippen molar-refractivity contribution >= 4 is 23.1 Å². The zero-order chi connectivity index (χ0) is 19.5. The first-order chi connectivity index (χ1) is 13.6. The van der Waals surface area contributed by atoms with E-state index in [1.54, 1.807) is 4.57 Å². The van der Waals surface area contributed by atoms with E-state index in [1.165, 1.54) is 24.2 Å². The zero-order valence-corrected chi connectivity index (χ0v) is 16.7. The number of nitrogens with zero attached hydrogens (tertiary/aromatic N) is 3. The molecule has 0 saturated heterocycles. The first-order valence-corrected chi connectivity index (χ1v) is 10.6. The molecule has 0 radical (unpaired) electrons. The predicted octanol–water partition coefficient (Wildman–Crippen LogP) is 4.09. The fraction of sp³-hybridized carbons (Fsp3) is 0.381. The highest BCUT2D eigenvalue weighted by Gasteiger charge is 2.22. The second-order valence-electron chi connectivity index (χ2n) is 7.28. The Morgan fingerprint density at radius 1 is 1.25 bits per heavy atom. The van der Waals surface area contributed by atoms with Crippen LogP contribution in [0.2, 0.25) is 0 Å². The second kappa shape index (κ2) is 8.14. The molecule has 0 atom stereocenters. The minimum Gasteiger partial charge on any atom is -0.311 e. The summed E-state index contributed by atoms with van der Waals surface area (Å²) < 4.78 is 3.45. The molecule has 2 heterocycles. The predicted molar refractivity (Wildman–Crippen MR) is 111 cm³/mol. The molecule has 1 aromatic carbocycles. The third-order valence-electron chi connectivity index (χ3n) is 5.31. The summed E-state index contributed by atoms with van der Waals surface area (Å²) >= 11 is 1.17. The standard InChI is InChI=1S/C21H24N4O2S/c1-15-14-28-21(27)24(15)12-11-20(26)22-19-13-18(16-7-5-6-8-16)23-25(19)17-9-3-2-4-10-17/h2-4,9-10,13-14,16H,5-8,11-12H2,1H3,(H,22,26). The molecule has 1 amide bonds. The van der Waals surface area contributed by atoms with E-state index in [2.05, 4.69) is 5.32 Å². The number of hydrogen-bond donors (Lipinski definition) is 1. The minimum atomic E-state index is -0.118. The molecule has 6 nitrogen and oxygen atoms in total. The normalized spacial score (nSPS) is 14.5. The second-order valence-corrected chi connectivity index (χ2v) is 8.10. The molecule has 1 N–H and O–H groups in total. The van der Waals surface area contributed by atoms with Crippen LogP contribution in [-0.4, -0.2) is 20.3 Å². The molecule has 7 heteroatoms. The Labute approximate surface area is 167 Å². The Balaban J connectivity index is 1.54. The lowest BCUT2D eigenvalue weighted by molar-refractivity contribution is -0.116. The van der Waals surface area contributed by atoms with Crippen molar-refractivity contribution in [2.24, 2.45) is 0 Å². The van der Waals surface area contributed by atoms with Gasteiger partial charge in [0, 0.05) is 36.0 Å². The van der Waals surface area contributed by atoms with Crippen molar-refractivity contribution in [1.29, 1.82) is 0 Å². The van der Waals surface area contributed by atoms with Crippen LogP contribution in [0.15, 0.2) is 46.6 Å². The largest absolute Gasteiger partial charge is 0.311 e. The third kappa shape index (κ3) is 3.94. The highest BCUT2D eigenvalue weighted by Crippen LogP contribution is 2.35. The number of carbonyl (C=O) groups excluding carboxylic acids is 1. The molecule has 28 heavy (non-hydrogen) atoms. The fourth-order valence-electron chi connectivity index (χ4n) is 3.77. The third-order valence-corrected chi connectivity index (χ3v) is 6.19. The molecule has 1 aliphatic carbocycles. The number of hydrogen-bond acceptors (Lipinski definition) is 4. The van der Waals surface area contributed by atoms with Gasteiger partial charge in [-0.3, -0.25) is 9.59 Å². The molecule has 146 valence electrons. The van der Waals surface area contributed by atoms with Gasteiger partial charge in [0.2, 0.25) is 5.91 Å². The number of carbonyl (C=O) groups is 1. The summed E-state index contributed by atoms with van der Waals surface area (Å²) in [6, 6.07) is 11.9. The van der Waals surface area contributed by atoms with E-state index in [-0.39, 0.29) is 17.2 Å². The lowest BCUT2D eigenvalue weighted by Crippen LogP contribution is -2.21. The van der Waals surface area contributed by atoms with E-state index in [9.17, 15) is 9.59 Å². The summed E-state index contributed by atoms with van der Waals surface area (Å²) in [6.45, 7) is 2.27. The molecular weight excluding hydrogens is 372 g/mol. The van der Waals surface area contributed by atoms with Gasteiger partial charge in [-0.1, -0.05) is 42.4 Å². The Morgan fingerprint density at radius 3 is 2.68 bits per heavy atom. The van der Waals surface area contributed by atoms with Crippen molar-refractivity contribution in [3.8, 4) is 5.69 Å². The number of para-hydroxylation sites is 1. The zero-order valence-electron chi connectivity index (χ0n) is 15.9. The van der Waals surface area contributed by atoms with Crippen LogP contribution in [0.3, 0.4) is 0 Å². The minimum absolute atomic E-state index is 0.0249. The van der Waals surface area contributed by atoms with Gasteiger partial charge < -0.3 is 9.88 Å². The summed E-state index contributed by atoms with van der Waals surface area (Å²) in [5.41, 5.74) is 2.86. The Hall–Kier alpha value is -2.67. The first-order valence-electron chi connectivity index (χ1n) is 9.72. The average molecular weight is 397 g/mol. The maximum Gasteiger partial charge on any atom is 0.307 e. The van der Waals surface area contributed by atoms with E-state index in [4.69, 9.17) is 5.10 Å². The molecule has 0 spiro atoms. The van der Waals surface area contributed by atoms with Crippen molar-refractivity contribution in [3.63, 3.8) is 0 Å². The van der Waals surface area contributed by atoms with Gasteiger partial charge in [-0.15, -0.1) is 0 Å². The van der Waals surface area contributed by atoms with Gasteiger partial charge in [0.15, 0.2) is 0 Å². The maximum absolute atomic E-state index is 12.6. The van der Waals surface area contributed by atoms with Gasteiger partial charge in [-0.25, -0.2) is 4.68 Å². The monoisotopic (exact) mass is 396 g/mol. The molecule has 0 unspecified atom stereocenters. The van der Waals surface area contributed by atoms with Crippen molar-refractivity contribution in [2.75, 3.05) is 5.32 Å². The van der Waals surface area contributed by atoms with Gasteiger partial charge in [0.05, 0.1) is 11.4 Å². The Morgan fingerprint density at radius 2 is 2.00 bits per heavy atom. The van der Waals surface area contributed by atoms with Crippen molar-refractivity contribution in [3.05, 3.63) is 62.8 Å². The smallest absolute Gasteiger partial charge is 0.307 e. The van der Waals surface area contributed by atoms with Crippen LogP contribution in [-0.2, 0) is 11.3 Å². The molecule has 0 bridgehead atoms. The fourth-order valence-corrected chi connectivity index (χ4v) is 4.53. The number of anilines is 1. The van der Waals surface area contributed by atoms with Crippen molar-refractivity contribution < 1.29 is 4.79 Å². The molecule has 1 aliphatic rings. The van der Waals surface area contributed by atoms with Crippen molar-refractivity contribution in [1.82, 2.24) is 14.3 Å². The molecule has 1 saturated carbocycles. The Bertz CT molecular complexity index is 1010. The number of nitrogens with one attached hydrogen (secondary N) is 1. The van der Waals surface area contributed by atoms with E-state index in [0.717, 1.165) is 29.9 Å². The van der Waals surface area contributed by atoms with Crippen LogP contribution in [0.1, 0.15) is 49.4 Å². The lowest BCUT2D eigenvalue weighted by atomic mass is 10.0. The number of benzene rings is 1. The lowest BCUT2D eigenvalue weighted by Gasteiger charge is -2.09. The SMILES string of the molecule is Cc1csc(=O)n1CCC(=O)Nc1cc(C2CCCC2)nn1-c1ccccc1.